The Hall–Kier alpha value is -1.31. The molecule has 0 N–H and O–H groups in total. The molecular weight excluding hydrogens is 176 g/mol. The normalized spacial score (nSPS) is 9.86. The van der Waals surface area contributed by atoms with E-state index in [1.54, 1.807) is 14.0 Å². The van der Waals surface area contributed by atoms with E-state index >= 15 is 0 Å². The molecule has 76 valence electrons. The van der Waals surface area contributed by atoms with Gasteiger partial charge in [-0.3, -0.25) is 0 Å². The number of carbonyl (C=O) groups excluding carboxylic acids is 1. The van der Waals surface area contributed by atoms with Crippen molar-refractivity contribution in [3.8, 4) is 5.75 Å². The molecule has 0 aromatic heterocycles. The molecule has 0 aliphatic carbocycles. The molecule has 0 heterocycles. The third-order valence-electron chi connectivity index (χ3n) is 2.13. The summed E-state index contributed by atoms with van der Waals surface area (Å²) in [6, 6.07) is 7.97. The van der Waals surface area contributed by atoms with E-state index in [0.717, 1.165) is 18.6 Å². The minimum absolute atomic E-state index is 0.257. The van der Waals surface area contributed by atoms with Crippen LogP contribution in [0.3, 0.4) is 0 Å². The summed E-state index contributed by atoms with van der Waals surface area (Å²) in [4.78, 5) is 10.7. The lowest BCUT2D eigenvalue weighted by molar-refractivity contribution is -0.117. The molecule has 0 amide bonds. The van der Waals surface area contributed by atoms with Gasteiger partial charge in [0.1, 0.15) is 11.5 Å². The second-order valence-corrected chi connectivity index (χ2v) is 3.41. The van der Waals surface area contributed by atoms with Gasteiger partial charge in [-0.2, -0.15) is 0 Å². The molecule has 0 spiro atoms. The van der Waals surface area contributed by atoms with Crippen molar-refractivity contribution in [2.24, 2.45) is 0 Å². The summed E-state index contributed by atoms with van der Waals surface area (Å²) in [7, 11) is 1.66. The van der Waals surface area contributed by atoms with E-state index in [0.29, 0.717) is 6.42 Å². The number of carbonyl (C=O) groups is 1. The lowest BCUT2D eigenvalue weighted by atomic mass is 10.1. The molecule has 1 rings (SSSR count). The van der Waals surface area contributed by atoms with Crippen molar-refractivity contribution in [2.45, 2.75) is 26.2 Å². The quantitative estimate of drug-likeness (QED) is 0.716. The van der Waals surface area contributed by atoms with Crippen LogP contribution in [0.1, 0.15) is 25.3 Å². The molecule has 14 heavy (non-hydrogen) atoms. The van der Waals surface area contributed by atoms with Crippen LogP contribution in [0, 0.1) is 0 Å². The third kappa shape index (κ3) is 3.60. The van der Waals surface area contributed by atoms with Crippen molar-refractivity contribution in [1.82, 2.24) is 0 Å². The van der Waals surface area contributed by atoms with E-state index in [2.05, 4.69) is 6.07 Å². The highest BCUT2D eigenvalue weighted by atomic mass is 16.5. The monoisotopic (exact) mass is 192 g/mol. The van der Waals surface area contributed by atoms with Gasteiger partial charge in [-0.05, 0) is 37.5 Å². The van der Waals surface area contributed by atoms with Crippen LogP contribution < -0.4 is 4.74 Å². The first-order valence-corrected chi connectivity index (χ1v) is 4.84. The van der Waals surface area contributed by atoms with Gasteiger partial charge in [0.05, 0.1) is 7.11 Å². The molecular formula is C12H16O2. The Morgan fingerprint density at radius 2 is 2.21 bits per heavy atom. The third-order valence-corrected chi connectivity index (χ3v) is 2.13. The smallest absolute Gasteiger partial charge is 0.129 e. The van der Waals surface area contributed by atoms with Crippen LogP contribution in [0.4, 0.5) is 0 Å². The zero-order chi connectivity index (χ0) is 10.4. The number of Topliss-reactive ketones (excluding diaryl/α,β-unsaturated/α-hetero) is 1. The molecule has 1 aromatic carbocycles. The van der Waals surface area contributed by atoms with Crippen LogP contribution in [0.25, 0.3) is 0 Å². The van der Waals surface area contributed by atoms with Crippen molar-refractivity contribution in [3.05, 3.63) is 29.8 Å². The molecule has 0 radical (unpaired) electrons. The fourth-order valence-corrected chi connectivity index (χ4v) is 1.37. The highest BCUT2D eigenvalue weighted by Crippen LogP contribution is 2.14. The van der Waals surface area contributed by atoms with E-state index in [1.807, 2.05) is 18.2 Å². The Bertz CT molecular complexity index is 305. The molecule has 0 saturated carbocycles. The van der Waals surface area contributed by atoms with Gasteiger partial charge in [0, 0.05) is 6.42 Å². The SMILES string of the molecule is COc1cccc(CCCC(C)=O)c1. The van der Waals surface area contributed by atoms with Gasteiger partial charge in [-0.25, -0.2) is 0 Å². The van der Waals surface area contributed by atoms with Gasteiger partial charge >= 0.3 is 0 Å². The van der Waals surface area contributed by atoms with Gasteiger partial charge in [-0.1, -0.05) is 12.1 Å². The van der Waals surface area contributed by atoms with E-state index < -0.39 is 0 Å². The molecule has 2 heteroatoms. The number of methoxy groups -OCH3 is 1. The van der Waals surface area contributed by atoms with Gasteiger partial charge in [-0.15, -0.1) is 0 Å². The Morgan fingerprint density at radius 3 is 2.86 bits per heavy atom. The van der Waals surface area contributed by atoms with E-state index in [9.17, 15) is 4.79 Å². The van der Waals surface area contributed by atoms with Crippen molar-refractivity contribution >= 4 is 5.78 Å². The van der Waals surface area contributed by atoms with Crippen LogP contribution in [0.15, 0.2) is 24.3 Å². The second kappa shape index (κ2) is 5.43. The van der Waals surface area contributed by atoms with Gasteiger partial charge in [0.25, 0.3) is 0 Å². The predicted octanol–water partition coefficient (Wildman–Crippen LogP) is 2.61. The number of rotatable bonds is 5. The number of ketones is 1. The molecule has 0 aliphatic rings. The first-order valence-electron chi connectivity index (χ1n) is 4.84. The van der Waals surface area contributed by atoms with Crippen LogP contribution in [-0.4, -0.2) is 12.9 Å². The van der Waals surface area contributed by atoms with Crippen molar-refractivity contribution < 1.29 is 9.53 Å². The Balaban J connectivity index is 2.46. The molecule has 2 nitrogen and oxygen atoms in total. The van der Waals surface area contributed by atoms with Crippen LogP contribution >= 0.6 is 0 Å². The summed E-state index contributed by atoms with van der Waals surface area (Å²) >= 11 is 0. The Kier molecular flexibility index (Phi) is 4.17. The zero-order valence-corrected chi connectivity index (χ0v) is 8.75. The highest BCUT2D eigenvalue weighted by molar-refractivity contribution is 5.75. The van der Waals surface area contributed by atoms with E-state index in [4.69, 9.17) is 4.74 Å². The number of ether oxygens (including phenoxy) is 1. The van der Waals surface area contributed by atoms with Crippen LogP contribution in [-0.2, 0) is 11.2 Å². The summed E-state index contributed by atoms with van der Waals surface area (Å²) in [6.07, 6.45) is 2.52. The van der Waals surface area contributed by atoms with Gasteiger partial charge in [0.2, 0.25) is 0 Å². The maximum atomic E-state index is 10.7. The molecule has 1 aromatic rings. The molecule has 0 unspecified atom stereocenters. The lowest BCUT2D eigenvalue weighted by Gasteiger charge is -2.03. The first kappa shape index (κ1) is 10.8. The van der Waals surface area contributed by atoms with Crippen molar-refractivity contribution in [1.29, 1.82) is 0 Å². The minimum atomic E-state index is 0.257. The van der Waals surface area contributed by atoms with E-state index in [-0.39, 0.29) is 5.78 Å². The maximum absolute atomic E-state index is 10.7. The summed E-state index contributed by atoms with van der Waals surface area (Å²) in [6.45, 7) is 1.63. The Morgan fingerprint density at radius 1 is 1.43 bits per heavy atom. The fraction of sp³-hybridized carbons (Fsp3) is 0.417. The molecule has 0 bridgehead atoms. The number of hydrogen-bond acceptors (Lipinski definition) is 2. The fourth-order valence-electron chi connectivity index (χ4n) is 1.37. The van der Waals surface area contributed by atoms with Crippen LogP contribution in [0.2, 0.25) is 0 Å². The number of aryl methyl sites for hydroxylation is 1. The molecule has 0 atom stereocenters. The van der Waals surface area contributed by atoms with E-state index in [1.165, 1.54) is 5.56 Å². The van der Waals surface area contributed by atoms with Gasteiger partial charge in [0.15, 0.2) is 0 Å². The van der Waals surface area contributed by atoms with Crippen LogP contribution in [0.5, 0.6) is 5.75 Å². The minimum Gasteiger partial charge on any atom is -0.497 e. The molecule has 0 aliphatic heterocycles. The van der Waals surface area contributed by atoms with Crippen molar-refractivity contribution in [3.63, 3.8) is 0 Å². The Labute approximate surface area is 84.9 Å². The topological polar surface area (TPSA) is 26.3 Å². The van der Waals surface area contributed by atoms with Crippen molar-refractivity contribution in [2.75, 3.05) is 7.11 Å². The zero-order valence-electron chi connectivity index (χ0n) is 8.75. The summed E-state index contributed by atoms with van der Waals surface area (Å²) < 4.78 is 5.12. The maximum Gasteiger partial charge on any atom is 0.129 e. The average Bonchev–Trinajstić information content (AvgIpc) is 2.18. The standard InChI is InChI=1S/C12H16O2/c1-10(13)5-3-6-11-7-4-8-12(9-11)14-2/h4,7-9H,3,5-6H2,1-2H3. The highest BCUT2D eigenvalue weighted by Gasteiger charge is 1.97. The van der Waals surface area contributed by atoms with Gasteiger partial charge < -0.3 is 9.53 Å². The molecule has 0 fully saturated rings. The first-order chi connectivity index (χ1) is 6.72. The number of hydrogen-bond donors (Lipinski definition) is 0. The average molecular weight is 192 g/mol. The summed E-state index contributed by atoms with van der Waals surface area (Å²) in [5.74, 6) is 1.14. The summed E-state index contributed by atoms with van der Waals surface area (Å²) in [5.41, 5.74) is 1.23. The largest absolute Gasteiger partial charge is 0.497 e. The summed E-state index contributed by atoms with van der Waals surface area (Å²) in [5, 5.41) is 0. The number of benzene rings is 1. The second-order valence-electron chi connectivity index (χ2n) is 3.41. The predicted molar refractivity (Wildman–Crippen MR) is 56.6 cm³/mol. The molecule has 0 saturated heterocycles. The lowest BCUT2D eigenvalue weighted by Crippen LogP contribution is -1.93.